The average molecular weight is 452 g/mol. The maximum Gasteiger partial charge on any atom is 0.328 e. The summed E-state index contributed by atoms with van der Waals surface area (Å²) in [5.74, 6) is 0.362. The quantitative estimate of drug-likeness (QED) is 0.593. The number of rotatable bonds is 5. The number of carbonyl (C=O) groups excluding carboxylic acids is 1. The van der Waals surface area contributed by atoms with Crippen LogP contribution in [0.15, 0.2) is 36.4 Å². The fraction of sp³-hybridized carbons (Fsp3) is 0.577. The van der Waals surface area contributed by atoms with Gasteiger partial charge >= 0.3 is 5.97 Å². The minimum atomic E-state index is -0.922. The molecule has 4 aliphatic carbocycles. The maximum absolute atomic E-state index is 12.4. The molecule has 0 aromatic heterocycles. The Balaban J connectivity index is 0.000000200. The fourth-order valence-corrected chi connectivity index (χ4v) is 6.72. The van der Waals surface area contributed by atoms with Gasteiger partial charge in [-0.25, -0.2) is 4.79 Å². The van der Waals surface area contributed by atoms with Gasteiger partial charge in [-0.1, -0.05) is 30.3 Å². The van der Waals surface area contributed by atoms with Crippen molar-refractivity contribution < 1.29 is 19.8 Å². The molecule has 0 spiro atoms. The molecule has 176 valence electrons. The third kappa shape index (κ3) is 5.63. The molecule has 33 heavy (non-hydrogen) atoms. The number of nitrogens with zero attached hydrogens (tertiary/aromatic N) is 2. The lowest BCUT2D eigenvalue weighted by atomic mass is 9.51. The first-order valence-electron chi connectivity index (χ1n) is 11.9. The summed E-state index contributed by atoms with van der Waals surface area (Å²) in [5.41, 5.74) is 0.356. The van der Waals surface area contributed by atoms with Gasteiger partial charge in [-0.2, -0.15) is 5.26 Å². The van der Waals surface area contributed by atoms with E-state index >= 15 is 0 Å². The Bertz CT molecular complexity index is 925. The first-order chi connectivity index (χ1) is 15.8. The van der Waals surface area contributed by atoms with Gasteiger partial charge < -0.3 is 20.4 Å². The molecule has 5 aliphatic rings. The van der Waals surface area contributed by atoms with Crippen LogP contribution in [0, 0.1) is 23.2 Å². The van der Waals surface area contributed by atoms with Crippen molar-refractivity contribution in [1.82, 2.24) is 10.2 Å². The highest BCUT2D eigenvalue weighted by Crippen LogP contribution is 2.57. The molecular weight excluding hydrogens is 418 g/mol. The van der Waals surface area contributed by atoms with Crippen LogP contribution in [0.4, 0.5) is 0 Å². The van der Waals surface area contributed by atoms with Crippen molar-refractivity contribution in [3.8, 4) is 6.07 Å². The van der Waals surface area contributed by atoms with E-state index in [-0.39, 0.29) is 17.5 Å². The third-order valence-electron chi connectivity index (χ3n) is 7.58. The lowest BCUT2D eigenvalue weighted by molar-refractivity contribution is -0.147. The third-order valence-corrected chi connectivity index (χ3v) is 7.58. The topological polar surface area (TPSA) is 114 Å². The zero-order valence-corrected chi connectivity index (χ0v) is 18.9. The molecule has 4 bridgehead atoms. The molecule has 2 unspecified atom stereocenters. The standard InChI is InChI=1S/C17H25N3O2.C9H8O2/c18-9-14-2-1-3-20(14)15(21)10-19-16-5-12-4-13(6-16)8-17(22,7-12)11-16;10-9(11)7-6-8-4-2-1-3-5-8/h12-14,19,22H,1-8,10-11H2;1-7H,(H,10,11)/b;7-6+/t12?,13?,14-,16?,17?;/m0./s1. The van der Waals surface area contributed by atoms with Crippen molar-refractivity contribution in [3.63, 3.8) is 0 Å². The predicted molar refractivity (Wildman–Crippen MR) is 124 cm³/mol. The molecule has 1 saturated heterocycles. The van der Waals surface area contributed by atoms with Crippen LogP contribution in [-0.4, -0.2) is 57.3 Å². The van der Waals surface area contributed by atoms with E-state index in [0.29, 0.717) is 24.9 Å². The number of benzene rings is 1. The molecule has 4 saturated carbocycles. The lowest BCUT2D eigenvalue weighted by Gasteiger charge is -2.60. The summed E-state index contributed by atoms with van der Waals surface area (Å²) in [7, 11) is 0. The Morgan fingerprint density at radius 3 is 2.48 bits per heavy atom. The van der Waals surface area contributed by atoms with E-state index < -0.39 is 11.6 Å². The molecule has 5 fully saturated rings. The van der Waals surface area contributed by atoms with E-state index in [0.717, 1.165) is 56.6 Å². The van der Waals surface area contributed by atoms with Crippen molar-refractivity contribution in [2.75, 3.05) is 13.1 Å². The number of nitriles is 1. The second-order valence-corrected chi connectivity index (χ2v) is 10.3. The second-order valence-electron chi connectivity index (χ2n) is 10.3. The Morgan fingerprint density at radius 2 is 1.88 bits per heavy atom. The van der Waals surface area contributed by atoms with Gasteiger partial charge in [-0.05, 0) is 74.8 Å². The zero-order chi connectivity index (χ0) is 23.5. The molecule has 1 aromatic carbocycles. The van der Waals surface area contributed by atoms with E-state index in [1.54, 1.807) is 11.0 Å². The molecule has 1 aromatic rings. The Morgan fingerprint density at radius 1 is 1.18 bits per heavy atom. The summed E-state index contributed by atoms with van der Waals surface area (Å²) in [6, 6.07) is 11.3. The average Bonchev–Trinajstić information content (AvgIpc) is 3.25. The van der Waals surface area contributed by atoms with E-state index in [2.05, 4.69) is 11.4 Å². The molecule has 3 atom stereocenters. The molecule has 7 heteroatoms. The zero-order valence-electron chi connectivity index (χ0n) is 18.9. The lowest BCUT2D eigenvalue weighted by Crippen LogP contribution is -2.65. The van der Waals surface area contributed by atoms with Crippen LogP contribution in [0.2, 0.25) is 0 Å². The van der Waals surface area contributed by atoms with E-state index in [1.165, 1.54) is 6.42 Å². The highest BCUT2D eigenvalue weighted by molar-refractivity contribution is 5.85. The number of carboxylic acids is 1. The Labute approximate surface area is 195 Å². The van der Waals surface area contributed by atoms with Gasteiger partial charge in [0.2, 0.25) is 5.91 Å². The molecule has 1 aliphatic heterocycles. The summed E-state index contributed by atoms with van der Waals surface area (Å²) in [6.45, 7) is 1.02. The van der Waals surface area contributed by atoms with Gasteiger partial charge in [0.1, 0.15) is 6.04 Å². The van der Waals surface area contributed by atoms with Gasteiger partial charge in [0, 0.05) is 18.2 Å². The number of hydrogen-bond acceptors (Lipinski definition) is 5. The number of likely N-dealkylation sites (tertiary alicyclic amines) is 1. The largest absolute Gasteiger partial charge is 0.478 e. The molecule has 1 heterocycles. The van der Waals surface area contributed by atoms with Gasteiger partial charge in [0.25, 0.3) is 0 Å². The normalized spacial score (nSPS) is 34.1. The summed E-state index contributed by atoms with van der Waals surface area (Å²) in [4.78, 5) is 24.2. The SMILES string of the molecule is N#C[C@@H]1CCCN1C(=O)CNC12CC3CC(CC(O)(C3)C1)C2.O=C(O)/C=C/c1ccccc1. The first-order valence-corrected chi connectivity index (χ1v) is 11.9. The van der Waals surface area contributed by atoms with Crippen LogP contribution in [0.1, 0.15) is 56.9 Å². The number of aliphatic hydroxyl groups is 1. The van der Waals surface area contributed by atoms with Crippen LogP contribution in [-0.2, 0) is 9.59 Å². The van der Waals surface area contributed by atoms with Crippen LogP contribution in [0.5, 0.6) is 0 Å². The van der Waals surface area contributed by atoms with Gasteiger partial charge in [0.15, 0.2) is 0 Å². The van der Waals surface area contributed by atoms with Gasteiger partial charge in [0.05, 0.1) is 18.2 Å². The van der Waals surface area contributed by atoms with Gasteiger partial charge in [-0.15, -0.1) is 0 Å². The summed E-state index contributed by atoms with van der Waals surface area (Å²) in [6.07, 6.45) is 10.5. The molecule has 3 N–H and O–H groups in total. The minimum absolute atomic E-state index is 0.0453. The second kappa shape index (κ2) is 9.66. The number of carbonyl (C=O) groups is 2. The van der Waals surface area contributed by atoms with Crippen molar-refractivity contribution in [1.29, 1.82) is 5.26 Å². The maximum atomic E-state index is 12.4. The van der Waals surface area contributed by atoms with E-state index in [9.17, 15) is 14.7 Å². The summed E-state index contributed by atoms with van der Waals surface area (Å²) >= 11 is 0. The minimum Gasteiger partial charge on any atom is -0.478 e. The predicted octanol–water partition coefficient (Wildman–Crippen LogP) is 2.96. The Kier molecular flexibility index (Phi) is 6.87. The van der Waals surface area contributed by atoms with Crippen molar-refractivity contribution in [2.45, 2.75) is 68.5 Å². The smallest absolute Gasteiger partial charge is 0.328 e. The van der Waals surface area contributed by atoms with Crippen molar-refractivity contribution >= 4 is 18.0 Å². The number of hydrogen-bond donors (Lipinski definition) is 3. The van der Waals surface area contributed by atoms with E-state index in [1.807, 2.05) is 30.3 Å². The number of amides is 1. The summed E-state index contributed by atoms with van der Waals surface area (Å²) < 4.78 is 0. The number of nitrogens with one attached hydrogen (secondary N) is 1. The van der Waals surface area contributed by atoms with Crippen molar-refractivity contribution in [2.24, 2.45) is 11.8 Å². The molecule has 0 radical (unpaired) electrons. The Hall–Kier alpha value is -2.69. The molecule has 7 nitrogen and oxygen atoms in total. The van der Waals surface area contributed by atoms with Crippen LogP contribution in [0.3, 0.4) is 0 Å². The van der Waals surface area contributed by atoms with Crippen LogP contribution >= 0.6 is 0 Å². The van der Waals surface area contributed by atoms with Crippen LogP contribution < -0.4 is 5.32 Å². The van der Waals surface area contributed by atoms with Gasteiger partial charge in [-0.3, -0.25) is 4.79 Å². The highest BCUT2D eigenvalue weighted by Gasteiger charge is 2.57. The van der Waals surface area contributed by atoms with E-state index in [4.69, 9.17) is 10.4 Å². The first kappa shape index (κ1) is 23.5. The van der Waals surface area contributed by atoms with Crippen LogP contribution in [0.25, 0.3) is 6.08 Å². The number of aliphatic carboxylic acids is 1. The van der Waals surface area contributed by atoms with Crippen molar-refractivity contribution in [3.05, 3.63) is 42.0 Å². The molecule has 6 rings (SSSR count). The number of carboxylic acid groups (broad SMARTS) is 1. The fourth-order valence-electron chi connectivity index (χ4n) is 6.72. The molecular formula is C26H33N3O4. The highest BCUT2D eigenvalue weighted by atomic mass is 16.4. The molecule has 1 amide bonds. The monoisotopic (exact) mass is 451 g/mol. The summed E-state index contributed by atoms with van der Waals surface area (Å²) in [5, 5.41) is 31.7.